The zero-order valence-corrected chi connectivity index (χ0v) is 6.30. The molecule has 0 aliphatic carbocycles. The molecule has 0 aromatic heterocycles. The van der Waals surface area contributed by atoms with E-state index in [-0.39, 0.29) is 71.9 Å². The summed E-state index contributed by atoms with van der Waals surface area (Å²) in [4.78, 5) is 29.3. The fourth-order valence-electron chi connectivity index (χ4n) is 0. The third-order valence-corrected chi connectivity index (χ3v) is 0. The van der Waals surface area contributed by atoms with E-state index in [0.717, 1.165) is 0 Å². The van der Waals surface area contributed by atoms with Gasteiger partial charge in [-0.3, -0.25) is 0 Å². The summed E-state index contributed by atoms with van der Waals surface area (Å²) < 4.78 is 0. The van der Waals surface area contributed by atoms with Crippen LogP contribution in [0.4, 0.5) is 0 Å². The van der Waals surface area contributed by atoms with Gasteiger partial charge in [-0.15, -0.1) is 0 Å². The van der Waals surface area contributed by atoms with Crippen molar-refractivity contribution in [1.29, 1.82) is 0 Å². The van der Waals surface area contributed by atoms with Gasteiger partial charge in [-0.25, -0.2) is 0 Å². The molecule has 51 valence electrons. The Morgan fingerprint density at radius 1 is 0.875 bits per heavy atom. The minimum absolute atomic E-state index is 0. The van der Waals surface area contributed by atoms with Gasteiger partial charge in [0.2, 0.25) is 0 Å². The van der Waals surface area contributed by atoms with Crippen molar-refractivity contribution in [2.45, 2.75) is 0 Å². The van der Waals surface area contributed by atoms with Crippen molar-refractivity contribution >= 4 is 46.8 Å². The molecular weight excluding hydrogens is 243 g/mol. The van der Waals surface area contributed by atoms with Crippen molar-refractivity contribution in [3.05, 3.63) is 0 Å². The second kappa shape index (κ2) is 9.36. The molecular formula is H6CaFeMnO4Si. The molecule has 8 heavy (non-hydrogen) atoms. The summed E-state index contributed by atoms with van der Waals surface area (Å²) in [6.07, 6.45) is 0. The van der Waals surface area contributed by atoms with Crippen LogP contribution >= 0.6 is 0 Å². The summed E-state index contributed by atoms with van der Waals surface area (Å²) in [6, 6.07) is 0. The van der Waals surface area contributed by atoms with Gasteiger partial charge in [-0.05, 0) is 0 Å². The molecule has 0 atom stereocenters. The monoisotopic (exact) mass is 249 g/mol. The summed E-state index contributed by atoms with van der Waals surface area (Å²) in [5, 5.41) is 0. The van der Waals surface area contributed by atoms with Crippen LogP contribution in [0, 0.1) is 0 Å². The molecule has 0 saturated carbocycles. The van der Waals surface area contributed by atoms with Crippen LogP contribution in [0.15, 0.2) is 0 Å². The number of hydrogen-bond acceptors (Lipinski definition) is 4. The number of rotatable bonds is 0. The average molecular weight is 249 g/mol. The van der Waals surface area contributed by atoms with Crippen molar-refractivity contribution in [2.75, 3.05) is 0 Å². The van der Waals surface area contributed by atoms with E-state index in [9.17, 15) is 0 Å². The molecule has 0 fully saturated rings. The molecule has 0 aliphatic heterocycles. The molecule has 0 aromatic carbocycles. The normalized spacial score (nSPS) is 7.50. The summed E-state index contributed by atoms with van der Waals surface area (Å²) in [6.45, 7) is 0. The maximum atomic E-state index is 7.33. The molecule has 0 spiro atoms. The SMILES string of the molecule is O[Si](O)(O)O.[CaH2].[Fe].[Mn]. The van der Waals surface area contributed by atoms with E-state index in [1.165, 1.54) is 0 Å². The fourth-order valence-corrected chi connectivity index (χ4v) is 0. The van der Waals surface area contributed by atoms with Gasteiger partial charge in [-0.1, -0.05) is 0 Å². The van der Waals surface area contributed by atoms with Gasteiger partial charge in [0.15, 0.2) is 0 Å². The Labute approximate surface area is 98.7 Å². The second-order valence-electron chi connectivity index (χ2n) is 0.600. The number of hydrogen-bond donors (Lipinski definition) is 4. The van der Waals surface area contributed by atoms with Crippen LogP contribution in [0.5, 0.6) is 0 Å². The van der Waals surface area contributed by atoms with Crippen molar-refractivity contribution < 1.29 is 53.3 Å². The van der Waals surface area contributed by atoms with E-state index in [2.05, 4.69) is 0 Å². The quantitative estimate of drug-likeness (QED) is 0.335. The van der Waals surface area contributed by atoms with Crippen LogP contribution in [0.2, 0.25) is 0 Å². The first-order valence-electron chi connectivity index (χ1n) is 0.894. The first-order valence-corrected chi connectivity index (χ1v) is 2.68. The summed E-state index contributed by atoms with van der Waals surface area (Å²) in [7, 11) is -4.61. The minimum Gasteiger partial charge on any atom is 0 e. The zero-order valence-electron chi connectivity index (χ0n) is 3.02. The van der Waals surface area contributed by atoms with Crippen molar-refractivity contribution in [3.63, 3.8) is 0 Å². The van der Waals surface area contributed by atoms with Gasteiger partial charge in [0.05, 0.1) is 0 Å². The maximum absolute atomic E-state index is 7.33. The largest absolute Gasteiger partial charge is 0 e. The van der Waals surface area contributed by atoms with Crippen LogP contribution in [-0.2, 0) is 34.1 Å². The summed E-state index contributed by atoms with van der Waals surface area (Å²) in [5.74, 6) is 0. The first kappa shape index (κ1) is 22.4. The first-order chi connectivity index (χ1) is 2.00. The molecule has 0 aliphatic rings. The zero-order chi connectivity index (χ0) is 4.50. The Morgan fingerprint density at radius 2 is 0.875 bits per heavy atom. The Hall–Kier alpha value is 2.36. The Morgan fingerprint density at radius 3 is 0.875 bits per heavy atom. The molecule has 0 heterocycles. The molecule has 0 aromatic rings. The molecule has 0 bridgehead atoms. The smallest absolute Gasteiger partial charge is 0 e. The van der Waals surface area contributed by atoms with Crippen molar-refractivity contribution in [1.82, 2.24) is 0 Å². The van der Waals surface area contributed by atoms with Crippen LogP contribution in [0.3, 0.4) is 0 Å². The maximum Gasteiger partial charge on any atom is 0 e. The predicted octanol–water partition coefficient (Wildman–Crippen LogP) is -3.53. The van der Waals surface area contributed by atoms with E-state index in [1.807, 2.05) is 0 Å². The van der Waals surface area contributed by atoms with E-state index < -0.39 is 9.05 Å². The standard InChI is InChI=1S/Ca.Fe.Mn.H4O4Si.2H/c;;;1-5(2,3)4;;/h;;;1-4H;;. The molecule has 0 rings (SSSR count). The molecule has 4 N–H and O–H groups in total. The van der Waals surface area contributed by atoms with Crippen LogP contribution in [0.25, 0.3) is 0 Å². The molecule has 0 unspecified atom stereocenters. The van der Waals surface area contributed by atoms with Gasteiger partial charge in [0, 0.05) is 34.1 Å². The Kier molecular flexibility index (Phi) is 26.2. The topological polar surface area (TPSA) is 80.9 Å². The van der Waals surface area contributed by atoms with Crippen molar-refractivity contribution in [2.24, 2.45) is 0 Å². The third-order valence-electron chi connectivity index (χ3n) is 0. The van der Waals surface area contributed by atoms with Gasteiger partial charge in [0.1, 0.15) is 0 Å². The Bertz CT molecular complexity index is 31.5. The molecule has 8 heteroatoms. The van der Waals surface area contributed by atoms with Crippen LogP contribution in [0.1, 0.15) is 0 Å². The molecule has 4 nitrogen and oxygen atoms in total. The molecule has 0 saturated heterocycles. The van der Waals surface area contributed by atoms with Crippen LogP contribution in [-0.4, -0.2) is 66.0 Å². The minimum atomic E-state index is -4.61. The third kappa shape index (κ3) is 81.5. The van der Waals surface area contributed by atoms with Crippen molar-refractivity contribution in [3.8, 4) is 0 Å². The average Bonchev–Trinajstić information content (AvgIpc) is 0.722. The molecule has 0 amide bonds. The summed E-state index contributed by atoms with van der Waals surface area (Å²) in [5.41, 5.74) is 0. The van der Waals surface area contributed by atoms with E-state index in [1.54, 1.807) is 0 Å². The fraction of sp³-hybridized carbons (Fsp3) is 0. The van der Waals surface area contributed by atoms with Gasteiger partial charge in [0.25, 0.3) is 0 Å². The predicted molar refractivity (Wildman–Crippen MR) is 23.2 cm³/mol. The van der Waals surface area contributed by atoms with Gasteiger partial charge < -0.3 is 19.2 Å². The Balaban J connectivity index is -0.0000000267. The second-order valence-corrected chi connectivity index (χ2v) is 1.80. The van der Waals surface area contributed by atoms with Gasteiger partial charge in [-0.2, -0.15) is 0 Å². The van der Waals surface area contributed by atoms with Crippen LogP contribution < -0.4 is 0 Å². The summed E-state index contributed by atoms with van der Waals surface area (Å²) >= 11 is 0. The van der Waals surface area contributed by atoms with E-state index in [4.69, 9.17) is 19.2 Å². The van der Waals surface area contributed by atoms with Gasteiger partial charge >= 0.3 is 46.8 Å². The molecule has 1 radical (unpaired) electrons. The van der Waals surface area contributed by atoms with E-state index in [0.29, 0.717) is 0 Å². The van der Waals surface area contributed by atoms with E-state index >= 15 is 0 Å².